The predicted octanol–water partition coefficient (Wildman–Crippen LogP) is 4.26. The zero-order valence-electron chi connectivity index (χ0n) is 15.2. The van der Waals surface area contributed by atoms with E-state index >= 15 is 0 Å². The predicted molar refractivity (Wildman–Crippen MR) is 98.7 cm³/mol. The van der Waals surface area contributed by atoms with Crippen molar-refractivity contribution < 1.29 is 4.74 Å². The molecule has 5 nitrogen and oxygen atoms in total. The molecule has 0 amide bonds. The maximum Gasteiger partial charge on any atom is 0.143 e. The summed E-state index contributed by atoms with van der Waals surface area (Å²) in [7, 11) is 3.97. The van der Waals surface area contributed by atoms with Gasteiger partial charge >= 0.3 is 0 Å². The molecular weight excluding hydrogens is 300 g/mol. The quantitative estimate of drug-likeness (QED) is 0.824. The molecule has 2 heterocycles. The van der Waals surface area contributed by atoms with Gasteiger partial charge in [-0.15, -0.1) is 0 Å². The number of anilines is 1. The van der Waals surface area contributed by atoms with E-state index < -0.39 is 0 Å². The first-order valence-electron chi connectivity index (χ1n) is 9.30. The minimum Gasteiger partial charge on any atom is -0.385 e. The van der Waals surface area contributed by atoms with Gasteiger partial charge in [0.1, 0.15) is 17.8 Å². The molecule has 2 aromatic heterocycles. The summed E-state index contributed by atoms with van der Waals surface area (Å²) in [5.74, 6) is 1.56. The van der Waals surface area contributed by atoms with Crippen LogP contribution in [0.2, 0.25) is 0 Å². The molecule has 1 atom stereocenters. The Morgan fingerprint density at radius 3 is 2.79 bits per heavy atom. The highest BCUT2D eigenvalue weighted by Gasteiger charge is 2.24. The summed E-state index contributed by atoms with van der Waals surface area (Å²) in [6, 6.07) is 0.596. The summed E-state index contributed by atoms with van der Waals surface area (Å²) in [5, 5.41) is 1.20. The van der Waals surface area contributed by atoms with E-state index in [4.69, 9.17) is 4.74 Å². The molecule has 2 aromatic rings. The van der Waals surface area contributed by atoms with Crippen LogP contribution >= 0.6 is 0 Å². The number of hydrogen-bond donors (Lipinski definition) is 1. The molecule has 0 spiro atoms. The number of fused-ring (bicyclic) bond motifs is 1. The Hall–Kier alpha value is -1.62. The summed E-state index contributed by atoms with van der Waals surface area (Å²) < 4.78 is 5.31. The van der Waals surface area contributed by atoms with Crippen LogP contribution in [0.5, 0.6) is 0 Å². The first kappa shape index (κ1) is 17.2. The maximum atomic E-state index is 5.31. The van der Waals surface area contributed by atoms with Crippen LogP contribution in [-0.4, -0.2) is 41.8 Å². The van der Waals surface area contributed by atoms with Gasteiger partial charge in [-0.05, 0) is 37.2 Å². The van der Waals surface area contributed by atoms with Crippen LogP contribution in [0.25, 0.3) is 11.0 Å². The Kier molecular flexibility index (Phi) is 5.72. The van der Waals surface area contributed by atoms with Gasteiger partial charge in [0.25, 0.3) is 0 Å². The number of ether oxygens (including phenoxy) is 1. The van der Waals surface area contributed by atoms with E-state index in [1.165, 1.54) is 43.1 Å². The first-order valence-corrected chi connectivity index (χ1v) is 9.30. The summed E-state index contributed by atoms with van der Waals surface area (Å²) in [5.41, 5.74) is 2.29. The van der Waals surface area contributed by atoms with E-state index in [0.29, 0.717) is 12.0 Å². The number of hydrogen-bond acceptors (Lipinski definition) is 4. The number of H-pyrrole nitrogens is 1. The summed E-state index contributed by atoms with van der Waals surface area (Å²) in [4.78, 5) is 14.9. The van der Waals surface area contributed by atoms with Crippen molar-refractivity contribution in [2.24, 2.45) is 0 Å². The fourth-order valence-corrected chi connectivity index (χ4v) is 4.04. The highest BCUT2D eigenvalue weighted by molar-refractivity contribution is 5.91. The molecule has 132 valence electrons. The second kappa shape index (κ2) is 7.97. The van der Waals surface area contributed by atoms with Crippen molar-refractivity contribution >= 4 is 16.9 Å². The van der Waals surface area contributed by atoms with Crippen molar-refractivity contribution in [2.45, 2.75) is 63.8 Å². The molecule has 0 radical (unpaired) electrons. The lowest BCUT2D eigenvalue weighted by Crippen LogP contribution is -2.34. The Morgan fingerprint density at radius 2 is 2.08 bits per heavy atom. The van der Waals surface area contributed by atoms with Gasteiger partial charge in [0.15, 0.2) is 0 Å². The fourth-order valence-electron chi connectivity index (χ4n) is 4.04. The van der Waals surface area contributed by atoms with Gasteiger partial charge in [0, 0.05) is 33.0 Å². The minimum absolute atomic E-state index is 0.475. The smallest absolute Gasteiger partial charge is 0.143 e. The van der Waals surface area contributed by atoms with Gasteiger partial charge in [-0.25, -0.2) is 9.97 Å². The molecule has 5 heteroatoms. The number of aromatic amines is 1. The zero-order chi connectivity index (χ0) is 16.9. The molecule has 0 aromatic carbocycles. The third-order valence-corrected chi connectivity index (χ3v) is 5.54. The van der Waals surface area contributed by atoms with Crippen LogP contribution < -0.4 is 4.90 Å². The number of aromatic nitrogens is 3. The van der Waals surface area contributed by atoms with Crippen molar-refractivity contribution in [1.82, 2.24) is 15.0 Å². The van der Waals surface area contributed by atoms with Crippen LogP contribution in [0, 0.1) is 0 Å². The standard InChI is InChI=1S/C19H30N4O/c1-4-14(10-11-24-3)16-12-20-18-17(16)19(22-13-21-18)23(2)15-8-6-5-7-9-15/h12-15H,4-11H2,1-3H3,(H,20,21,22). The normalized spacial score (nSPS) is 17.3. The summed E-state index contributed by atoms with van der Waals surface area (Å²) in [6.45, 7) is 3.03. The number of methoxy groups -OCH3 is 1. The third kappa shape index (κ3) is 3.41. The summed E-state index contributed by atoms with van der Waals surface area (Å²) in [6.07, 6.45) is 12.5. The van der Waals surface area contributed by atoms with Crippen molar-refractivity contribution in [1.29, 1.82) is 0 Å². The second-order valence-electron chi connectivity index (χ2n) is 6.95. The van der Waals surface area contributed by atoms with Gasteiger partial charge < -0.3 is 14.6 Å². The largest absolute Gasteiger partial charge is 0.385 e. The van der Waals surface area contributed by atoms with Crippen LogP contribution in [0.4, 0.5) is 5.82 Å². The average molecular weight is 330 g/mol. The summed E-state index contributed by atoms with van der Waals surface area (Å²) >= 11 is 0. The Labute approximate surface area is 144 Å². The van der Waals surface area contributed by atoms with Crippen molar-refractivity contribution in [2.75, 3.05) is 25.7 Å². The molecule has 24 heavy (non-hydrogen) atoms. The number of rotatable bonds is 7. The number of nitrogens with one attached hydrogen (secondary N) is 1. The van der Waals surface area contributed by atoms with Crippen LogP contribution in [0.3, 0.4) is 0 Å². The van der Waals surface area contributed by atoms with Gasteiger partial charge in [0.05, 0.1) is 5.39 Å². The zero-order valence-corrected chi connectivity index (χ0v) is 15.2. The Bertz CT molecular complexity index is 648. The van der Waals surface area contributed by atoms with E-state index in [0.717, 1.165) is 30.9 Å². The molecule has 1 unspecified atom stereocenters. The average Bonchev–Trinajstić information content (AvgIpc) is 3.07. The highest BCUT2D eigenvalue weighted by atomic mass is 16.5. The van der Waals surface area contributed by atoms with E-state index in [1.807, 2.05) is 0 Å². The van der Waals surface area contributed by atoms with Gasteiger partial charge in [-0.3, -0.25) is 0 Å². The van der Waals surface area contributed by atoms with Gasteiger partial charge in [-0.2, -0.15) is 0 Å². The molecule has 1 aliphatic carbocycles. The lowest BCUT2D eigenvalue weighted by molar-refractivity contribution is 0.187. The molecule has 1 fully saturated rings. The Morgan fingerprint density at radius 1 is 1.29 bits per heavy atom. The molecule has 0 aliphatic heterocycles. The number of nitrogens with zero attached hydrogens (tertiary/aromatic N) is 3. The second-order valence-corrected chi connectivity index (χ2v) is 6.95. The molecule has 0 saturated heterocycles. The van der Waals surface area contributed by atoms with Gasteiger partial charge in [-0.1, -0.05) is 26.2 Å². The SMILES string of the molecule is CCC(CCOC)c1c[nH]c2ncnc(N(C)C3CCCCC3)c12. The Balaban J connectivity index is 1.96. The van der Waals surface area contributed by atoms with E-state index in [-0.39, 0.29) is 0 Å². The van der Waals surface area contributed by atoms with E-state index in [1.54, 1.807) is 13.4 Å². The molecule has 1 aliphatic rings. The topological polar surface area (TPSA) is 54.0 Å². The molecule has 3 rings (SSSR count). The maximum absolute atomic E-state index is 5.31. The fraction of sp³-hybridized carbons (Fsp3) is 0.684. The van der Waals surface area contributed by atoms with Crippen LogP contribution in [-0.2, 0) is 4.74 Å². The minimum atomic E-state index is 0.475. The molecule has 0 bridgehead atoms. The van der Waals surface area contributed by atoms with Crippen molar-refractivity contribution in [3.63, 3.8) is 0 Å². The molecule has 1 N–H and O–H groups in total. The third-order valence-electron chi connectivity index (χ3n) is 5.54. The van der Waals surface area contributed by atoms with Crippen LogP contribution in [0.1, 0.15) is 63.4 Å². The molecular formula is C19H30N4O. The van der Waals surface area contributed by atoms with Crippen molar-refractivity contribution in [3.05, 3.63) is 18.1 Å². The monoisotopic (exact) mass is 330 g/mol. The lowest BCUT2D eigenvalue weighted by atomic mass is 9.92. The van der Waals surface area contributed by atoms with Crippen LogP contribution in [0.15, 0.2) is 12.5 Å². The van der Waals surface area contributed by atoms with Gasteiger partial charge in [0.2, 0.25) is 0 Å². The van der Waals surface area contributed by atoms with E-state index in [9.17, 15) is 0 Å². The van der Waals surface area contributed by atoms with E-state index in [2.05, 4.69) is 40.0 Å². The van der Waals surface area contributed by atoms with Crippen molar-refractivity contribution in [3.8, 4) is 0 Å². The lowest BCUT2D eigenvalue weighted by Gasteiger charge is -2.32. The highest BCUT2D eigenvalue weighted by Crippen LogP contribution is 2.36. The first-order chi connectivity index (χ1) is 11.8. The molecule has 1 saturated carbocycles.